The molecule has 30 heavy (non-hydrogen) atoms. The van der Waals surface area contributed by atoms with Gasteiger partial charge in [0.25, 0.3) is 5.91 Å². The molecule has 5 nitrogen and oxygen atoms in total. The van der Waals surface area contributed by atoms with E-state index in [4.69, 9.17) is 5.84 Å². The minimum atomic E-state index is -4.38. The third-order valence-corrected chi connectivity index (χ3v) is 4.81. The summed E-state index contributed by atoms with van der Waals surface area (Å²) in [6.45, 7) is 1.75. The van der Waals surface area contributed by atoms with Crippen molar-refractivity contribution in [2.24, 2.45) is 10.8 Å². The standard InChI is InChI=1S/C22H21F3N4O/c1-13(20(27-2)29-26)28-21(30)16-8-11-19-15(12-16)4-3-5-18(19)14-6-9-17(10-7-14)22(23,24)25/h3-13H,26H2,1-2H3,(H,27,29)(H,28,30)/t13-/m1/s1. The average molecular weight is 414 g/mol. The minimum absolute atomic E-state index is 0.291. The molecule has 0 saturated carbocycles. The van der Waals surface area contributed by atoms with Crippen molar-refractivity contribution in [2.45, 2.75) is 19.1 Å². The van der Waals surface area contributed by atoms with Crippen LogP contribution >= 0.6 is 0 Å². The number of fused-ring (bicyclic) bond motifs is 1. The lowest BCUT2D eigenvalue weighted by molar-refractivity contribution is -0.137. The van der Waals surface area contributed by atoms with E-state index in [0.717, 1.165) is 28.5 Å². The summed E-state index contributed by atoms with van der Waals surface area (Å²) in [7, 11) is 1.57. The quantitative estimate of drug-likeness (QED) is 0.260. The molecule has 0 saturated heterocycles. The topological polar surface area (TPSA) is 79.5 Å². The predicted molar refractivity (Wildman–Crippen MR) is 112 cm³/mol. The lowest BCUT2D eigenvalue weighted by Crippen LogP contribution is -2.47. The Balaban J connectivity index is 1.91. The minimum Gasteiger partial charge on any atom is -0.342 e. The maximum atomic E-state index is 12.8. The average Bonchev–Trinajstić information content (AvgIpc) is 2.73. The van der Waals surface area contributed by atoms with Crippen LogP contribution < -0.4 is 16.6 Å². The van der Waals surface area contributed by atoms with Gasteiger partial charge in [0.1, 0.15) is 5.84 Å². The third kappa shape index (κ3) is 4.44. The van der Waals surface area contributed by atoms with Crippen molar-refractivity contribution in [1.29, 1.82) is 0 Å². The number of halogens is 3. The molecule has 0 fully saturated rings. The number of rotatable bonds is 4. The molecule has 1 amide bonds. The van der Waals surface area contributed by atoms with Crippen molar-refractivity contribution in [1.82, 2.24) is 10.7 Å². The highest BCUT2D eigenvalue weighted by atomic mass is 19.4. The van der Waals surface area contributed by atoms with Crippen LogP contribution in [-0.2, 0) is 6.18 Å². The Labute approximate surface area is 171 Å². The van der Waals surface area contributed by atoms with Crippen LogP contribution in [0.5, 0.6) is 0 Å². The molecule has 3 aromatic rings. The van der Waals surface area contributed by atoms with Gasteiger partial charge in [0.05, 0.1) is 11.6 Å². The summed E-state index contributed by atoms with van der Waals surface area (Å²) < 4.78 is 38.5. The second kappa shape index (κ2) is 8.54. The summed E-state index contributed by atoms with van der Waals surface area (Å²) in [5.41, 5.74) is 3.65. The third-order valence-electron chi connectivity index (χ3n) is 4.81. The van der Waals surface area contributed by atoms with Gasteiger partial charge in [-0.15, -0.1) is 0 Å². The summed E-state index contributed by atoms with van der Waals surface area (Å²) in [5.74, 6) is 5.53. The number of aliphatic imine (C=N–C) groups is 1. The van der Waals surface area contributed by atoms with Crippen LogP contribution in [0.4, 0.5) is 13.2 Å². The van der Waals surface area contributed by atoms with Crippen LogP contribution in [0.2, 0.25) is 0 Å². The molecule has 156 valence electrons. The summed E-state index contributed by atoms with van der Waals surface area (Å²) in [6, 6.07) is 15.3. The summed E-state index contributed by atoms with van der Waals surface area (Å²) in [5, 5.41) is 4.45. The number of amides is 1. The fraction of sp³-hybridized carbons (Fsp3) is 0.182. The number of alkyl halides is 3. The lowest BCUT2D eigenvalue weighted by Gasteiger charge is -2.16. The van der Waals surface area contributed by atoms with Gasteiger partial charge in [-0.05, 0) is 53.1 Å². The van der Waals surface area contributed by atoms with Crippen LogP contribution in [0, 0.1) is 0 Å². The molecule has 1 atom stereocenters. The highest BCUT2D eigenvalue weighted by Gasteiger charge is 2.30. The van der Waals surface area contributed by atoms with E-state index < -0.39 is 17.8 Å². The van der Waals surface area contributed by atoms with E-state index in [9.17, 15) is 18.0 Å². The first-order valence-electron chi connectivity index (χ1n) is 9.19. The van der Waals surface area contributed by atoms with Crippen molar-refractivity contribution in [3.63, 3.8) is 0 Å². The molecule has 0 heterocycles. The smallest absolute Gasteiger partial charge is 0.342 e. The van der Waals surface area contributed by atoms with E-state index >= 15 is 0 Å². The van der Waals surface area contributed by atoms with Gasteiger partial charge in [0.2, 0.25) is 0 Å². The Morgan fingerprint density at radius 1 is 1.07 bits per heavy atom. The zero-order valence-corrected chi connectivity index (χ0v) is 16.4. The van der Waals surface area contributed by atoms with Crippen LogP contribution in [-0.4, -0.2) is 24.8 Å². The highest BCUT2D eigenvalue weighted by Crippen LogP contribution is 2.33. The van der Waals surface area contributed by atoms with E-state index in [2.05, 4.69) is 15.7 Å². The van der Waals surface area contributed by atoms with Crippen LogP contribution in [0.15, 0.2) is 65.7 Å². The first-order valence-corrected chi connectivity index (χ1v) is 9.19. The maximum absolute atomic E-state index is 12.8. The fourth-order valence-corrected chi connectivity index (χ4v) is 3.25. The first-order chi connectivity index (χ1) is 14.2. The molecule has 4 N–H and O–H groups in total. The van der Waals surface area contributed by atoms with Crippen molar-refractivity contribution < 1.29 is 18.0 Å². The number of hydrogen-bond donors (Lipinski definition) is 3. The largest absolute Gasteiger partial charge is 0.416 e. The molecule has 0 aliphatic rings. The molecule has 0 aliphatic carbocycles. The normalized spacial score (nSPS) is 13.2. The van der Waals surface area contributed by atoms with Gasteiger partial charge in [-0.3, -0.25) is 9.79 Å². The van der Waals surface area contributed by atoms with Gasteiger partial charge in [-0.2, -0.15) is 13.2 Å². The van der Waals surface area contributed by atoms with Gasteiger partial charge in [0.15, 0.2) is 0 Å². The number of hydrazine groups is 1. The fourth-order valence-electron chi connectivity index (χ4n) is 3.25. The molecular formula is C22H21F3N4O. The van der Waals surface area contributed by atoms with Crippen molar-refractivity contribution >= 4 is 22.5 Å². The number of carbonyl (C=O) groups excluding carboxylic acids is 1. The number of nitrogens with zero attached hydrogens (tertiary/aromatic N) is 1. The number of nitrogens with one attached hydrogen (secondary N) is 2. The van der Waals surface area contributed by atoms with Crippen LogP contribution in [0.1, 0.15) is 22.8 Å². The zero-order valence-electron chi connectivity index (χ0n) is 16.4. The zero-order chi connectivity index (χ0) is 21.9. The van der Waals surface area contributed by atoms with Crippen LogP contribution in [0.25, 0.3) is 21.9 Å². The molecule has 3 aromatic carbocycles. The summed E-state index contributed by atoms with van der Waals surface area (Å²) >= 11 is 0. The van der Waals surface area contributed by atoms with E-state index in [1.165, 1.54) is 12.1 Å². The van der Waals surface area contributed by atoms with Gasteiger partial charge in [-0.25, -0.2) is 5.84 Å². The van der Waals surface area contributed by atoms with Crippen LogP contribution in [0.3, 0.4) is 0 Å². The van der Waals surface area contributed by atoms with E-state index in [0.29, 0.717) is 17.0 Å². The lowest BCUT2D eigenvalue weighted by atomic mass is 9.96. The Hall–Kier alpha value is -3.39. The molecule has 8 heteroatoms. The van der Waals surface area contributed by atoms with Gasteiger partial charge >= 0.3 is 6.18 Å². The Morgan fingerprint density at radius 3 is 2.37 bits per heavy atom. The predicted octanol–water partition coefficient (Wildman–Crippen LogP) is 4.14. The van der Waals surface area contributed by atoms with E-state index in [-0.39, 0.29) is 5.91 Å². The maximum Gasteiger partial charge on any atom is 0.416 e. The molecule has 0 bridgehead atoms. The molecule has 0 unspecified atom stereocenters. The van der Waals surface area contributed by atoms with Gasteiger partial charge in [0, 0.05) is 12.6 Å². The SMILES string of the molecule is CN=C(NN)[C@@H](C)NC(=O)c1ccc2c(-c3ccc(C(F)(F)F)cc3)cccc2c1. The Kier molecular flexibility index (Phi) is 6.07. The van der Waals surface area contributed by atoms with E-state index in [1.807, 2.05) is 12.1 Å². The van der Waals surface area contributed by atoms with Crippen molar-refractivity contribution in [3.05, 3.63) is 71.8 Å². The first kappa shape index (κ1) is 21.3. The molecule has 0 radical (unpaired) electrons. The second-order valence-electron chi connectivity index (χ2n) is 6.76. The molecule has 3 rings (SSSR count). The molecule has 0 spiro atoms. The second-order valence-corrected chi connectivity index (χ2v) is 6.76. The number of benzene rings is 3. The summed E-state index contributed by atoms with van der Waals surface area (Å²) in [4.78, 5) is 16.5. The van der Waals surface area contributed by atoms with E-state index in [1.54, 1.807) is 38.2 Å². The monoisotopic (exact) mass is 414 g/mol. The van der Waals surface area contributed by atoms with Gasteiger partial charge < -0.3 is 10.7 Å². The summed E-state index contributed by atoms with van der Waals surface area (Å²) in [6.07, 6.45) is -4.38. The number of carbonyl (C=O) groups is 1. The number of nitrogens with two attached hydrogens (primary N) is 1. The molecule has 0 aromatic heterocycles. The number of hydrogen-bond acceptors (Lipinski definition) is 3. The Morgan fingerprint density at radius 2 is 1.77 bits per heavy atom. The molecular weight excluding hydrogens is 393 g/mol. The number of amidine groups is 1. The highest BCUT2D eigenvalue weighted by molar-refractivity contribution is 6.04. The Bertz CT molecular complexity index is 1090. The van der Waals surface area contributed by atoms with Gasteiger partial charge in [-0.1, -0.05) is 36.4 Å². The van der Waals surface area contributed by atoms with Crippen molar-refractivity contribution in [3.8, 4) is 11.1 Å². The molecule has 0 aliphatic heterocycles. The van der Waals surface area contributed by atoms with Crippen molar-refractivity contribution in [2.75, 3.05) is 7.05 Å².